The van der Waals surface area contributed by atoms with Gasteiger partial charge in [0.25, 0.3) is 5.91 Å². The van der Waals surface area contributed by atoms with Gasteiger partial charge in [-0.2, -0.15) is 0 Å². The number of oxime groups is 1. The molecule has 1 N–H and O–H groups in total. The van der Waals surface area contributed by atoms with Crippen molar-refractivity contribution in [2.24, 2.45) is 11.1 Å². The molecule has 2 heterocycles. The molecule has 2 aliphatic rings. The molecule has 1 saturated heterocycles. The van der Waals surface area contributed by atoms with Crippen molar-refractivity contribution in [2.45, 2.75) is 31.4 Å². The molecule has 9 heteroatoms. The third kappa shape index (κ3) is 4.05. The van der Waals surface area contributed by atoms with E-state index in [2.05, 4.69) is 15.2 Å². The summed E-state index contributed by atoms with van der Waals surface area (Å²) in [6.07, 6.45) is 0.673. The average molecular weight is 415 g/mol. The fourth-order valence-electron chi connectivity index (χ4n) is 3.22. The number of nitrogens with one attached hydrogen (secondary N) is 1. The van der Waals surface area contributed by atoms with Crippen LogP contribution in [0.1, 0.15) is 25.3 Å². The van der Waals surface area contributed by atoms with Crippen molar-refractivity contribution in [3.05, 3.63) is 33.8 Å². The molecule has 0 saturated carbocycles. The number of fused-ring (bicyclic) bond motifs is 1. The van der Waals surface area contributed by atoms with E-state index in [1.165, 1.54) is 7.11 Å². The molecule has 2 aliphatic heterocycles. The molecule has 1 aromatic carbocycles. The van der Waals surface area contributed by atoms with Crippen molar-refractivity contribution >= 4 is 40.8 Å². The van der Waals surface area contributed by atoms with E-state index in [0.29, 0.717) is 34.3 Å². The molecule has 2 unspecified atom stereocenters. The Balaban J connectivity index is 1.72. The van der Waals surface area contributed by atoms with Crippen LogP contribution < -0.4 is 5.32 Å². The Morgan fingerprint density at radius 2 is 2.07 bits per heavy atom. The van der Waals surface area contributed by atoms with Crippen molar-refractivity contribution in [1.82, 2.24) is 5.32 Å². The summed E-state index contributed by atoms with van der Waals surface area (Å²) < 4.78 is 10.2. The van der Waals surface area contributed by atoms with Crippen molar-refractivity contribution in [1.29, 1.82) is 0 Å². The minimum absolute atomic E-state index is 0.0918. The van der Waals surface area contributed by atoms with E-state index in [4.69, 9.17) is 32.8 Å². The van der Waals surface area contributed by atoms with E-state index in [1.807, 2.05) is 6.92 Å². The van der Waals surface area contributed by atoms with E-state index in [-0.39, 0.29) is 36.9 Å². The van der Waals surface area contributed by atoms with Gasteiger partial charge in [0.2, 0.25) is 5.60 Å². The molecule has 1 fully saturated rings. The fraction of sp³-hybridized carbons (Fsp3) is 0.500. The van der Waals surface area contributed by atoms with Gasteiger partial charge in [0.05, 0.1) is 32.0 Å². The van der Waals surface area contributed by atoms with Crippen molar-refractivity contribution in [2.75, 3.05) is 20.3 Å². The molecule has 27 heavy (non-hydrogen) atoms. The molecule has 0 radical (unpaired) electrons. The number of methoxy groups -OCH3 is 1. The second-order valence-corrected chi connectivity index (χ2v) is 7.55. The maximum atomic E-state index is 12.9. The van der Waals surface area contributed by atoms with E-state index in [9.17, 15) is 9.59 Å². The summed E-state index contributed by atoms with van der Waals surface area (Å²) in [7, 11) is 1.33. The predicted molar refractivity (Wildman–Crippen MR) is 100.0 cm³/mol. The van der Waals surface area contributed by atoms with Gasteiger partial charge in [0.1, 0.15) is 0 Å². The molecule has 7 nitrogen and oxygen atoms in total. The number of benzene rings is 1. The molecule has 0 aliphatic carbocycles. The molecular weight excluding hydrogens is 395 g/mol. The minimum atomic E-state index is -1.23. The monoisotopic (exact) mass is 414 g/mol. The zero-order chi connectivity index (χ0) is 19.6. The number of nitrogens with zero attached hydrogens (tertiary/aromatic N) is 1. The molecule has 0 bridgehead atoms. The van der Waals surface area contributed by atoms with Gasteiger partial charge in [-0.3, -0.25) is 9.59 Å². The smallest absolute Gasteiger partial charge is 0.305 e. The molecule has 0 spiro atoms. The number of amides is 1. The highest BCUT2D eigenvalue weighted by molar-refractivity contribution is 6.35. The van der Waals surface area contributed by atoms with Gasteiger partial charge in [-0.1, -0.05) is 28.4 Å². The van der Waals surface area contributed by atoms with Crippen LogP contribution in [0.4, 0.5) is 0 Å². The van der Waals surface area contributed by atoms with Crippen LogP contribution in [0.15, 0.2) is 23.4 Å². The van der Waals surface area contributed by atoms with Gasteiger partial charge < -0.3 is 19.6 Å². The molecule has 3 rings (SSSR count). The second kappa shape index (κ2) is 8.04. The highest BCUT2D eigenvalue weighted by Crippen LogP contribution is 2.39. The lowest BCUT2D eigenvalue weighted by atomic mass is 9.84. The fourth-order valence-corrected chi connectivity index (χ4v) is 3.75. The molecule has 1 aromatic rings. The first-order valence-electron chi connectivity index (χ1n) is 8.54. The van der Waals surface area contributed by atoms with Crippen LogP contribution in [0, 0.1) is 5.92 Å². The lowest BCUT2D eigenvalue weighted by molar-refractivity contribution is -0.148. The number of halogens is 2. The summed E-state index contributed by atoms with van der Waals surface area (Å²) in [6, 6.07) is 4.83. The summed E-state index contributed by atoms with van der Waals surface area (Å²) in [6.45, 7) is 2.21. The Morgan fingerprint density at radius 1 is 1.37 bits per heavy atom. The SMILES string of the molecule is COC(=O)CC[C@H](C)NC(=O)C12COCC1C(c1cc(Cl)cc(Cl)c1)=NO2. The average Bonchev–Trinajstić information content (AvgIpc) is 3.18. The number of hydrogen-bond donors (Lipinski definition) is 1. The van der Waals surface area contributed by atoms with Crippen LogP contribution in [0.5, 0.6) is 0 Å². The van der Waals surface area contributed by atoms with Crippen molar-refractivity contribution in [3.63, 3.8) is 0 Å². The topological polar surface area (TPSA) is 86.2 Å². The standard InChI is InChI=1S/C18H20Cl2N2O5/c1-10(3-4-15(23)25-2)21-17(24)18-9-26-8-14(18)16(22-27-18)11-5-12(19)7-13(20)6-11/h5-7,10,14H,3-4,8-9H2,1-2H3,(H,21,24)/t10-,14?,18?/m0/s1. The number of hydrogen-bond acceptors (Lipinski definition) is 6. The maximum absolute atomic E-state index is 12.9. The number of ether oxygens (including phenoxy) is 2. The molecule has 146 valence electrons. The van der Waals surface area contributed by atoms with Crippen LogP contribution >= 0.6 is 23.2 Å². The summed E-state index contributed by atoms with van der Waals surface area (Å²) in [5.74, 6) is -1.02. The molecule has 3 atom stereocenters. The number of carbonyl (C=O) groups excluding carboxylic acids is 2. The Kier molecular flexibility index (Phi) is 5.93. The normalized spacial score (nSPS) is 24.6. The quantitative estimate of drug-likeness (QED) is 0.722. The van der Waals surface area contributed by atoms with E-state index >= 15 is 0 Å². The zero-order valence-corrected chi connectivity index (χ0v) is 16.5. The Labute approximate surface area is 166 Å². The Hall–Kier alpha value is -1.83. The lowest BCUT2D eigenvalue weighted by Crippen LogP contribution is -2.54. The van der Waals surface area contributed by atoms with Gasteiger partial charge in [-0.15, -0.1) is 0 Å². The van der Waals surface area contributed by atoms with Crippen LogP contribution in [-0.4, -0.2) is 49.6 Å². The third-order valence-electron chi connectivity index (χ3n) is 4.73. The van der Waals surface area contributed by atoms with Crippen molar-refractivity contribution in [3.8, 4) is 0 Å². The van der Waals surface area contributed by atoms with Crippen LogP contribution in [-0.2, 0) is 23.9 Å². The first-order valence-corrected chi connectivity index (χ1v) is 9.29. The highest BCUT2D eigenvalue weighted by atomic mass is 35.5. The van der Waals surface area contributed by atoms with Crippen LogP contribution in [0.3, 0.4) is 0 Å². The van der Waals surface area contributed by atoms with Crippen LogP contribution in [0.25, 0.3) is 0 Å². The summed E-state index contributed by atoms with van der Waals surface area (Å²) in [4.78, 5) is 29.8. The first kappa shape index (κ1) is 19.9. The largest absolute Gasteiger partial charge is 0.469 e. The predicted octanol–water partition coefficient (Wildman–Crippen LogP) is 2.57. The highest BCUT2D eigenvalue weighted by Gasteiger charge is 2.59. The van der Waals surface area contributed by atoms with Gasteiger partial charge in [-0.25, -0.2) is 0 Å². The molecule has 0 aromatic heterocycles. The maximum Gasteiger partial charge on any atom is 0.305 e. The molecule has 1 amide bonds. The number of carbonyl (C=O) groups is 2. The minimum Gasteiger partial charge on any atom is -0.469 e. The number of esters is 1. The van der Waals surface area contributed by atoms with Crippen LogP contribution in [0.2, 0.25) is 10.0 Å². The molecular formula is C18H20Cl2N2O5. The van der Waals surface area contributed by atoms with Gasteiger partial charge in [0, 0.05) is 28.1 Å². The van der Waals surface area contributed by atoms with E-state index in [0.717, 1.165) is 0 Å². The van der Waals surface area contributed by atoms with Gasteiger partial charge in [0.15, 0.2) is 0 Å². The third-order valence-corrected chi connectivity index (χ3v) is 5.17. The lowest BCUT2D eigenvalue weighted by Gasteiger charge is -2.26. The zero-order valence-electron chi connectivity index (χ0n) is 15.0. The Morgan fingerprint density at radius 3 is 2.74 bits per heavy atom. The number of rotatable bonds is 6. The Bertz CT molecular complexity index is 765. The summed E-state index contributed by atoms with van der Waals surface area (Å²) in [5.41, 5.74) is 0.0367. The van der Waals surface area contributed by atoms with Gasteiger partial charge in [-0.05, 0) is 31.5 Å². The summed E-state index contributed by atoms with van der Waals surface area (Å²) in [5, 5.41) is 7.97. The second-order valence-electron chi connectivity index (χ2n) is 6.67. The first-order chi connectivity index (χ1) is 12.9. The summed E-state index contributed by atoms with van der Waals surface area (Å²) >= 11 is 12.2. The van der Waals surface area contributed by atoms with E-state index in [1.54, 1.807) is 18.2 Å². The van der Waals surface area contributed by atoms with Crippen molar-refractivity contribution < 1.29 is 23.9 Å². The van der Waals surface area contributed by atoms with Gasteiger partial charge >= 0.3 is 5.97 Å². The van der Waals surface area contributed by atoms with E-state index < -0.39 is 5.60 Å².